The number of carbonyl (C=O) groups excluding carboxylic acids is 1. The van der Waals surface area contributed by atoms with Crippen LogP contribution in [-0.2, 0) is 11.3 Å². The van der Waals surface area contributed by atoms with Crippen LogP contribution in [0, 0.1) is 0 Å². The Morgan fingerprint density at radius 3 is 2.89 bits per heavy atom. The molecule has 1 aromatic heterocycles. The van der Waals surface area contributed by atoms with Gasteiger partial charge >= 0.3 is 6.09 Å². The number of ether oxygens (including phenoxy) is 1. The van der Waals surface area contributed by atoms with Gasteiger partial charge in [0.05, 0.1) is 12.7 Å². The van der Waals surface area contributed by atoms with E-state index in [4.69, 9.17) is 9.15 Å². The van der Waals surface area contributed by atoms with Crippen molar-refractivity contribution in [3.05, 3.63) is 18.4 Å². The van der Waals surface area contributed by atoms with E-state index >= 15 is 0 Å². The molecule has 0 saturated carbocycles. The van der Waals surface area contributed by atoms with Crippen LogP contribution in [0.15, 0.2) is 17.0 Å². The number of rotatable bonds is 3. The number of oxazole rings is 1. The predicted octanol–water partition coefficient (Wildman–Crippen LogP) is 1.38. The fourth-order valence-electron chi connectivity index (χ4n) is 1.66. The van der Waals surface area contributed by atoms with Gasteiger partial charge in [-0.25, -0.2) is 9.78 Å². The molecule has 100 valence electrons. The molecule has 2 heterocycles. The lowest BCUT2D eigenvalue weighted by molar-refractivity contribution is 0.00505. The van der Waals surface area contributed by atoms with Crippen molar-refractivity contribution < 1.29 is 13.9 Å². The average molecular weight is 253 g/mol. The molecule has 1 aliphatic heterocycles. The zero-order valence-corrected chi connectivity index (χ0v) is 11.0. The van der Waals surface area contributed by atoms with Crippen molar-refractivity contribution in [3.63, 3.8) is 0 Å². The molecule has 6 heteroatoms. The number of hydrogen-bond donors (Lipinski definition) is 1. The van der Waals surface area contributed by atoms with Crippen LogP contribution >= 0.6 is 0 Å². The Hall–Kier alpha value is -1.56. The largest absolute Gasteiger partial charge is 0.447 e. The number of nitrogens with zero attached hydrogens (tertiary/aromatic N) is 2. The monoisotopic (exact) mass is 253 g/mol. The van der Waals surface area contributed by atoms with Gasteiger partial charge < -0.3 is 19.4 Å². The fourth-order valence-corrected chi connectivity index (χ4v) is 1.66. The molecule has 0 aliphatic carbocycles. The molecule has 1 aliphatic rings. The van der Waals surface area contributed by atoms with Gasteiger partial charge in [0, 0.05) is 19.1 Å². The average Bonchev–Trinajstić information content (AvgIpc) is 2.64. The molecular formula is C12H19N3O3. The Morgan fingerprint density at radius 1 is 1.61 bits per heavy atom. The van der Waals surface area contributed by atoms with Gasteiger partial charge in [0.2, 0.25) is 0 Å². The van der Waals surface area contributed by atoms with Gasteiger partial charge in [0.25, 0.3) is 0 Å². The van der Waals surface area contributed by atoms with Crippen LogP contribution < -0.4 is 5.32 Å². The highest BCUT2D eigenvalue weighted by Gasteiger charge is 2.33. The third kappa shape index (κ3) is 3.46. The van der Waals surface area contributed by atoms with E-state index in [1.54, 1.807) is 11.1 Å². The van der Waals surface area contributed by atoms with E-state index in [1.165, 1.54) is 6.39 Å². The predicted molar refractivity (Wildman–Crippen MR) is 64.9 cm³/mol. The molecule has 0 radical (unpaired) electrons. The second kappa shape index (κ2) is 4.97. The summed E-state index contributed by atoms with van der Waals surface area (Å²) >= 11 is 0. The zero-order chi connectivity index (χ0) is 13.2. The quantitative estimate of drug-likeness (QED) is 0.881. The minimum Gasteiger partial charge on any atom is -0.447 e. The third-order valence-corrected chi connectivity index (χ3v) is 2.58. The molecule has 1 N–H and O–H groups in total. The third-order valence-electron chi connectivity index (χ3n) is 2.58. The van der Waals surface area contributed by atoms with Crippen molar-refractivity contribution in [2.75, 3.05) is 13.1 Å². The number of aromatic nitrogens is 1. The molecule has 1 amide bonds. The first-order valence-electron chi connectivity index (χ1n) is 6.03. The normalized spacial score (nSPS) is 16.5. The summed E-state index contributed by atoms with van der Waals surface area (Å²) in [6.45, 7) is 7.57. The van der Waals surface area contributed by atoms with E-state index in [2.05, 4.69) is 10.3 Å². The van der Waals surface area contributed by atoms with E-state index < -0.39 is 5.60 Å². The van der Waals surface area contributed by atoms with Gasteiger partial charge in [-0.1, -0.05) is 0 Å². The summed E-state index contributed by atoms with van der Waals surface area (Å²) in [5.41, 5.74) is -0.435. The van der Waals surface area contributed by atoms with E-state index in [9.17, 15) is 4.79 Å². The van der Waals surface area contributed by atoms with Crippen LogP contribution in [0.5, 0.6) is 0 Å². The lowest BCUT2D eigenvalue weighted by Crippen LogP contribution is -2.60. The minimum absolute atomic E-state index is 0.250. The van der Waals surface area contributed by atoms with E-state index in [0.717, 1.165) is 5.76 Å². The maximum Gasteiger partial charge on any atom is 0.410 e. The highest BCUT2D eigenvalue weighted by Crippen LogP contribution is 2.15. The second-order valence-corrected chi connectivity index (χ2v) is 5.43. The molecule has 18 heavy (non-hydrogen) atoms. The summed E-state index contributed by atoms with van der Waals surface area (Å²) in [6.07, 6.45) is 2.84. The maximum atomic E-state index is 11.7. The molecule has 0 aromatic carbocycles. The van der Waals surface area contributed by atoms with Crippen molar-refractivity contribution in [3.8, 4) is 0 Å². The zero-order valence-electron chi connectivity index (χ0n) is 11.0. The Morgan fingerprint density at radius 2 is 2.33 bits per heavy atom. The first-order chi connectivity index (χ1) is 8.44. The van der Waals surface area contributed by atoms with Gasteiger partial charge in [-0.05, 0) is 20.8 Å². The molecular weight excluding hydrogens is 234 g/mol. The molecule has 0 spiro atoms. The number of amides is 1. The van der Waals surface area contributed by atoms with Crippen LogP contribution in [0.1, 0.15) is 26.5 Å². The summed E-state index contributed by atoms with van der Waals surface area (Å²) in [4.78, 5) is 17.2. The van der Waals surface area contributed by atoms with Gasteiger partial charge in [-0.2, -0.15) is 0 Å². The minimum atomic E-state index is -0.435. The highest BCUT2D eigenvalue weighted by atomic mass is 16.6. The lowest BCUT2D eigenvalue weighted by atomic mass is 10.1. The summed E-state index contributed by atoms with van der Waals surface area (Å²) in [7, 11) is 0. The smallest absolute Gasteiger partial charge is 0.410 e. The van der Waals surface area contributed by atoms with Crippen LogP contribution in [0.3, 0.4) is 0 Å². The molecule has 0 unspecified atom stereocenters. The van der Waals surface area contributed by atoms with Gasteiger partial charge in [-0.3, -0.25) is 0 Å². The number of likely N-dealkylation sites (tertiary alicyclic amines) is 1. The van der Waals surface area contributed by atoms with Gasteiger partial charge in [0.1, 0.15) is 11.4 Å². The van der Waals surface area contributed by atoms with Gasteiger partial charge in [-0.15, -0.1) is 0 Å². The van der Waals surface area contributed by atoms with Crippen LogP contribution in [0.25, 0.3) is 0 Å². The molecule has 6 nitrogen and oxygen atoms in total. The van der Waals surface area contributed by atoms with Crippen molar-refractivity contribution in [2.24, 2.45) is 0 Å². The second-order valence-electron chi connectivity index (χ2n) is 5.43. The molecule has 0 atom stereocenters. The van der Waals surface area contributed by atoms with Crippen LogP contribution in [-0.4, -0.2) is 40.7 Å². The Kier molecular flexibility index (Phi) is 3.56. The van der Waals surface area contributed by atoms with Crippen LogP contribution in [0.4, 0.5) is 4.79 Å². The van der Waals surface area contributed by atoms with Crippen LogP contribution in [0.2, 0.25) is 0 Å². The lowest BCUT2D eigenvalue weighted by Gasteiger charge is -2.40. The molecule has 1 fully saturated rings. The number of nitrogens with one attached hydrogen (secondary N) is 1. The summed E-state index contributed by atoms with van der Waals surface area (Å²) in [5, 5.41) is 3.29. The first-order valence-corrected chi connectivity index (χ1v) is 6.03. The van der Waals surface area contributed by atoms with E-state index in [1.807, 2.05) is 20.8 Å². The Bertz CT molecular complexity index is 391. The standard InChI is InChI=1S/C12H19N3O3/c1-12(2,3)18-11(16)15-6-9(7-15)14-5-10-4-13-8-17-10/h4,8-9,14H,5-7H2,1-3H3. The van der Waals surface area contributed by atoms with Crippen molar-refractivity contribution >= 4 is 6.09 Å². The SMILES string of the molecule is CC(C)(C)OC(=O)N1CC(NCc2cnco2)C1. The molecule has 1 saturated heterocycles. The van der Waals surface area contributed by atoms with Crippen molar-refractivity contribution in [2.45, 2.75) is 39.0 Å². The summed E-state index contributed by atoms with van der Waals surface area (Å²) in [6, 6.07) is 0.294. The summed E-state index contributed by atoms with van der Waals surface area (Å²) in [5.74, 6) is 0.797. The number of hydrogen-bond acceptors (Lipinski definition) is 5. The molecule has 2 rings (SSSR count). The Labute approximate surface area is 106 Å². The van der Waals surface area contributed by atoms with E-state index in [0.29, 0.717) is 25.7 Å². The van der Waals surface area contributed by atoms with E-state index in [-0.39, 0.29) is 6.09 Å². The van der Waals surface area contributed by atoms with Gasteiger partial charge in [0.15, 0.2) is 6.39 Å². The number of carbonyl (C=O) groups is 1. The summed E-state index contributed by atoms with van der Waals surface area (Å²) < 4.78 is 10.4. The molecule has 0 bridgehead atoms. The maximum absolute atomic E-state index is 11.7. The first kappa shape index (κ1) is 12.9. The molecule has 1 aromatic rings. The topological polar surface area (TPSA) is 67.6 Å². The van der Waals surface area contributed by atoms with Crippen molar-refractivity contribution in [1.82, 2.24) is 15.2 Å². The van der Waals surface area contributed by atoms with Crippen molar-refractivity contribution in [1.29, 1.82) is 0 Å². The highest BCUT2D eigenvalue weighted by molar-refractivity contribution is 5.69. The fraction of sp³-hybridized carbons (Fsp3) is 0.667. The Balaban J connectivity index is 1.66.